The fraction of sp³-hybridized carbons (Fsp3) is 0.800. The first-order valence-electron chi connectivity index (χ1n) is 10.6. The first-order chi connectivity index (χ1) is 13.4. The Labute approximate surface area is 164 Å². The Morgan fingerprint density at radius 1 is 1.00 bits per heavy atom. The van der Waals surface area contributed by atoms with Crippen LogP contribution in [0.25, 0.3) is 0 Å². The second kappa shape index (κ2) is 6.19. The number of carbonyl (C=O) groups is 4. The van der Waals surface area contributed by atoms with E-state index in [4.69, 9.17) is 0 Å². The Kier molecular flexibility index (Phi) is 3.97. The zero-order chi connectivity index (χ0) is 19.5. The number of imide groups is 2. The summed E-state index contributed by atoms with van der Waals surface area (Å²) in [6.45, 7) is -0.416. The number of urea groups is 2. The minimum Gasteiger partial charge on any atom is -0.332 e. The summed E-state index contributed by atoms with van der Waals surface area (Å²) < 4.78 is 0. The molecule has 0 unspecified atom stereocenters. The van der Waals surface area contributed by atoms with Gasteiger partial charge < -0.3 is 10.6 Å². The highest BCUT2D eigenvalue weighted by Crippen LogP contribution is 2.55. The van der Waals surface area contributed by atoms with E-state index in [1.807, 2.05) is 0 Å². The molecule has 4 bridgehead atoms. The lowest BCUT2D eigenvalue weighted by Gasteiger charge is -2.56. The van der Waals surface area contributed by atoms with Crippen molar-refractivity contribution in [3.05, 3.63) is 0 Å². The molecule has 0 aromatic heterocycles. The van der Waals surface area contributed by atoms with Crippen molar-refractivity contribution in [2.75, 3.05) is 6.54 Å². The average Bonchev–Trinajstić information content (AvgIpc) is 3.14. The molecular weight excluding hydrogens is 360 g/mol. The van der Waals surface area contributed by atoms with Crippen molar-refractivity contribution in [2.45, 2.75) is 75.3 Å². The van der Waals surface area contributed by atoms with Crippen molar-refractivity contribution in [2.24, 2.45) is 17.8 Å². The van der Waals surface area contributed by atoms with E-state index in [1.54, 1.807) is 0 Å². The van der Waals surface area contributed by atoms with Crippen molar-refractivity contribution >= 4 is 23.9 Å². The fourth-order valence-electron chi connectivity index (χ4n) is 6.98. The summed E-state index contributed by atoms with van der Waals surface area (Å²) in [6, 6.07) is -1.04. The van der Waals surface area contributed by atoms with E-state index >= 15 is 0 Å². The third kappa shape index (κ3) is 2.88. The van der Waals surface area contributed by atoms with Gasteiger partial charge in [0.05, 0.1) is 0 Å². The number of rotatable bonds is 3. The molecule has 5 aliphatic carbocycles. The van der Waals surface area contributed by atoms with Crippen LogP contribution in [0.1, 0.15) is 64.2 Å². The fourth-order valence-corrected chi connectivity index (χ4v) is 6.98. The zero-order valence-corrected chi connectivity index (χ0v) is 16.1. The number of amides is 6. The summed E-state index contributed by atoms with van der Waals surface area (Å²) in [5, 5.41) is 8.16. The summed E-state index contributed by atoms with van der Waals surface area (Å²) >= 11 is 0. The smallest absolute Gasteiger partial charge is 0.325 e. The molecule has 0 atom stereocenters. The quantitative estimate of drug-likeness (QED) is 0.639. The van der Waals surface area contributed by atoms with E-state index in [2.05, 4.69) is 16.0 Å². The topological polar surface area (TPSA) is 108 Å². The van der Waals surface area contributed by atoms with Gasteiger partial charge in [0.2, 0.25) is 5.91 Å². The number of nitrogens with zero attached hydrogens (tertiary/aromatic N) is 1. The molecule has 3 N–H and O–H groups in total. The predicted octanol–water partition coefficient (Wildman–Crippen LogP) is 1.65. The molecule has 0 radical (unpaired) electrons. The average molecular weight is 388 g/mol. The minimum absolute atomic E-state index is 0.187. The standard InChI is InChI=1S/C20H28N4O4/c25-15(11-24-16(26)20(23-18(24)28)3-1-2-4-20)21-17(27)22-19-8-12-5-13(9-19)7-14(6-12)10-19/h12-14H,1-11H2,(H,23,28)(H2,21,22,25,27). The molecule has 0 aromatic rings. The van der Waals surface area contributed by atoms with Crippen molar-refractivity contribution in [1.82, 2.24) is 20.9 Å². The molecule has 8 heteroatoms. The molecule has 6 amide bonds. The Morgan fingerprint density at radius 2 is 1.57 bits per heavy atom. The highest BCUT2D eigenvalue weighted by molar-refractivity contribution is 6.10. The molecule has 1 aliphatic heterocycles. The van der Waals surface area contributed by atoms with Gasteiger partial charge in [-0.1, -0.05) is 12.8 Å². The minimum atomic E-state index is -0.835. The van der Waals surface area contributed by atoms with Gasteiger partial charge in [0.25, 0.3) is 5.91 Å². The van der Waals surface area contributed by atoms with E-state index in [1.165, 1.54) is 19.3 Å². The normalized spacial score (nSPS) is 37.4. The first-order valence-corrected chi connectivity index (χ1v) is 10.6. The summed E-state index contributed by atoms with van der Waals surface area (Å²) in [5.41, 5.74) is -1.02. The maximum Gasteiger partial charge on any atom is 0.325 e. The lowest BCUT2D eigenvalue weighted by molar-refractivity contribution is -0.134. The van der Waals surface area contributed by atoms with Gasteiger partial charge in [-0.25, -0.2) is 9.59 Å². The Morgan fingerprint density at radius 3 is 2.14 bits per heavy atom. The molecule has 1 spiro atoms. The van der Waals surface area contributed by atoms with E-state index in [-0.39, 0.29) is 11.4 Å². The summed E-state index contributed by atoms with van der Waals surface area (Å²) in [7, 11) is 0. The third-order valence-corrected chi connectivity index (χ3v) is 7.67. The van der Waals surface area contributed by atoms with E-state index in [0.717, 1.165) is 37.0 Å². The van der Waals surface area contributed by atoms with Gasteiger partial charge in [-0.05, 0) is 69.1 Å². The molecule has 6 fully saturated rings. The number of nitrogens with one attached hydrogen (secondary N) is 3. The predicted molar refractivity (Wildman–Crippen MR) is 99.0 cm³/mol. The summed E-state index contributed by atoms with van der Waals surface area (Å²) in [5.74, 6) is 1.11. The number of carbonyl (C=O) groups excluding carboxylic acids is 4. The second-order valence-electron chi connectivity index (χ2n) is 9.81. The van der Waals surface area contributed by atoms with Crippen LogP contribution in [0.4, 0.5) is 9.59 Å². The van der Waals surface area contributed by atoms with Crippen LogP contribution in [-0.2, 0) is 9.59 Å². The summed E-state index contributed by atoms with van der Waals surface area (Å²) in [6.07, 6.45) is 9.81. The number of hydrogen-bond acceptors (Lipinski definition) is 4. The van der Waals surface area contributed by atoms with Crippen LogP contribution in [0.2, 0.25) is 0 Å². The Hall–Kier alpha value is -2.12. The van der Waals surface area contributed by atoms with E-state index in [9.17, 15) is 19.2 Å². The maximum atomic E-state index is 12.6. The second-order valence-corrected chi connectivity index (χ2v) is 9.81. The first kappa shape index (κ1) is 17.9. The molecule has 1 saturated heterocycles. The van der Waals surface area contributed by atoms with Gasteiger partial charge in [0.15, 0.2) is 0 Å². The van der Waals surface area contributed by atoms with Gasteiger partial charge in [0.1, 0.15) is 12.1 Å². The van der Waals surface area contributed by atoms with Gasteiger partial charge in [-0.3, -0.25) is 19.8 Å². The molecule has 28 heavy (non-hydrogen) atoms. The Bertz CT molecular complexity index is 707. The van der Waals surface area contributed by atoms with Crippen molar-refractivity contribution in [1.29, 1.82) is 0 Å². The molecule has 8 nitrogen and oxygen atoms in total. The zero-order valence-electron chi connectivity index (χ0n) is 16.1. The third-order valence-electron chi connectivity index (χ3n) is 7.67. The van der Waals surface area contributed by atoms with Crippen LogP contribution in [0.15, 0.2) is 0 Å². The van der Waals surface area contributed by atoms with Crippen LogP contribution >= 0.6 is 0 Å². The van der Waals surface area contributed by atoms with E-state index < -0.39 is 30.1 Å². The molecule has 152 valence electrons. The molecule has 0 aromatic carbocycles. The van der Waals surface area contributed by atoms with Crippen LogP contribution < -0.4 is 16.0 Å². The van der Waals surface area contributed by atoms with Crippen molar-refractivity contribution in [3.63, 3.8) is 0 Å². The molecule has 6 aliphatic rings. The lowest BCUT2D eigenvalue weighted by atomic mass is 9.53. The summed E-state index contributed by atoms with van der Waals surface area (Å²) in [4.78, 5) is 50.6. The lowest BCUT2D eigenvalue weighted by Crippen LogP contribution is -2.62. The molecule has 6 rings (SSSR count). The monoisotopic (exact) mass is 388 g/mol. The van der Waals surface area contributed by atoms with Gasteiger partial charge >= 0.3 is 12.1 Å². The number of hydrogen-bond donors (Lipinski definition) is 3. The van der Waals surface area contributed by atoms with Crippen molar-refractivity contribution < 1.29 is 19.2 Å². The van der Waals surface area contributed by atoms with Gasteiger partial charge in [-0.15, -0.1) is 0 Å². The van der Waals surface area contributed by atoms with Gasteiger partial charge in [0, 0.05) is 5.54 Å². The van der Waals surface area contributed by atoms with E-state index in [0.29, 0.717) is 30.6 Å². The molecule has 1 heterocycles. The van der Waals surface area contributed by atoms with Crippen LogP contribution in [0.5, 0.6) is 0 Å². The highest BCUT2D eigenvalue weighted by Gasteiger charge is 2.53. The van der Waals surface area contributed by atoms with Crippen LogP contribution in [0.3, 0.4) is 0 Å². The SMILES string of the molecule is O=C(CN1C(=O)NC2(CCCC2)C1=O)NC(=O)NC12CC3CC(CC(C3)C1)C2. The van der Waals surface area contributed by atoms with Crippen LogP contribution in [0, 0.1) is 17.8 Å². The highest BCUT2D eigenvalue weighted by atomic mass is 16.2. The largest absolute Gasteiger partial charge is 0.332 e. The Balaban J connectivity index is 1.18. The molecular formula is C20H28N4O4. The van der Waals surface area contributed by atoms with Crippen LogP contribution in [-0.4, -0.2) is 46.4 Å². The molecule has 5 saturated carbocycles. The van der Waals surface area contributed by atoms with Crippen molar-refractivity contribution in [3.8, 4) is 0 Å². The maximum absolute atomic E-state index is 12.6. The van der Waals surface area contributed by atoms with Gasteiger partial charge in [-0.2, -0.15) is 0 Å².